The summed E-state index contributed by atoms with van der Waals surface area (Å²) in [5, 5.41) is 12.6. The van der Waals surface area contributed by atoms with Crippen LogP contribution < -0.4 is 9.50 Å². The molecule has 0 unspecified atom stereocenters. The Kier molecular flexibility index (Phi) is 5.78. The molecular formula is C20H17F3N4O3S. The number of nitriles is 1. The fourth-order valence-corrected chi connectivity index (χ4v) is 3.28. The molecule has 0 aliphatic heterocycles. The van der Waals surface area contributed by atoms with E-state index in [1.807, 2.05) is 19.9 Å². The van der Waals surface area contributed by atoms with E-state index in [2.05, 4.69) is 19.5 Å². The molecule has 162 valence electrons. The summed E-state index contributed by atoms with van der Waals surface area (Å²) < 4.78 is 66.9. The van der Waals surface area contributed by atoms with Gasteiger partial charge in [-0.05, 0) is 50.1 Å². The molecule has 2 aromatic carbocycles. The van der Waals surface area contributed by atoms with E-state index in [-0.39, 0.29) is 28.6 Å². The largest absolute Gasteiger partial charge is 0.534 e. The van der Waals surface area contributed by atoms with Gasteiger partial charge in [0.05, 0.1) is 17.1 Å². The first-order chi connectivity index (χ1) is 14.4. The minimum absolute atomic E-state index is 0.00516. The van der Waals surface area contributed by atoms with Crippen molar-refractivity contribution in [2.24, 2.45) is 0 Å². The Bertz CT molecular complexity index is 1300. The summed E-state index contributed by atoms with van der Waals surface area (Å²) in [4.78, 5) is 8.40. The first-order valence-electron chi connectivity index (χ1n) is 9.00. The summed E-state index contributed by atoms with van der Waals surface area (Å²) in [7, 11) is -5.93. The quantitative estimate of drug-likeness (QED) is 0.450. The number of fused-ring (bicyclic) bond motifs is 1. The number of rotatable bonds is 5. The van der Waals surface area contributed by atoms with Crippen molar-refractivity contribution >= 4 is 27.0 Å². The summed E-state index contributed by atoms with van der Waals surface area (Å²) in [5.74, 6) is -0.334. The van der Waals surface area contributed by atoms with Crippen LogP contribution >= 0.6 is 0 Å². The number of aryl methyl sites for hydroxylation is 1. The first-order valence-corrected chi connectivity index (χ1v) is 10.4. The smallest absolute Gasteiger partial charge is 0.375 e. The number of halogens is 3. The lowest BCUT2D eigenvalue weighted by Crippen LogP contribution is -2.28. The van der Waals surface area contributed by atoms with Gasteiger partial charge < -0.3 is 9.50 Å². The maximum absolute atomic E-state index is 13.0. The molecule has 0 aliphatic carbocycles. The van der Waals surface area contributed by atoms with E-state index in [1.54, 1.807) is 19.1 Å². The van der Waals surface area contributed by atoms with Crippen molar-refractivity contribution in [2.75, 3.05) is 5.32 Å². The van der Waals surface area contributed by atoms with Crippen molar-refractivity contribution in [3.63, 3.8) is 0 Å². The number of hydrogen-bond acceptors (Lipinski definition) is 7. The standard InChI is InChI=1S/C20H17F3N4O3S/c1-11(2)26-19-25-10-14-7-16(15-6-13(9-24)5-4-12(15)3)18(8-17(14)27-19)30-31(28,29)20(21,22)23/h4-8,10-11H,1-3H3,(H,25,26,27). The summed E-state index contributed by atoms with van der Waals surface area (Å²) >= 11 is 0. The van der Waals surface area contributed by atoms with Crippen LogP contribution in [0.3, 0.4) is 0 Å². The number of nitrogens with zero attached hydrogens (tertiary/aromatic N) is 3. The highest BCUT2D eigenvalue weighted by atomic mass is 32.2. The van der Waals surface area contributed by atoms with E-state index in [1.165, 1.54) is 18.3 Å². The minimum Gasteiger partial charge on any atom is -0.375 e. The fourth-order valence-electron chi connectivity index (χ4n) is 2.81. The van der Waals surface area contributed by atoms with E-state index in [9.17, 15) is 26.9 Å². The molecule has 11 heteroatoms. The molecule has 1 N–H and O–H groups in total. The van der Waals surface area contributed by atoms with E-state index in [0.29, 0.717) is 16.5 Å². The van der Waals surface area contributed by atoms with Crippen LogP contribution in [0, 0.1) is 18.3 Å². The summed E-state index contributed by atoms with van der Waals surface area (Å²) in [6, 6.07) is 9.07. The van der Waals surface area contributed by atoms with E-state index in [4.69, 9.17) is 0 Å². The zero-order valence-electron chi connectivity index (χ0n) is 16.6. The van der Waals surface area contributed by atoms with Gasteiger partial charge in [-0.2, -0.15) is 26.9 Å². The molecule has 0 fully saturated rings. The lowest BCUT2D eigenvalue weighted by Gasteiger charge is -2.16. The first kappa shape index (κ1) is 22.3. The molecule has 0 bridgehead atoms. The molecule has 0 atom stereocenters. The lowest BCUT2D eigenvalue weighted by atomic mass is 9.96. The van der Waals surface area contributed by atoms with Gasteiger partial charge in [-0.1, -0.05) is 6.07 Å². The molecule has 0 spiro atoms. The van der Waals surface area contributed by atoms with Crippen molar-refractivity contribution in [2.45, 2.75) is 32.3 Å². The number of benzene rings is 2. The van der Waals surface area contributed by atoms with Crippen LogP contribution in [0.1, 0.15) is 25.0 Å². The van der Waals surface area contributed by atoms with Gasteiger partial charge in [0.25, 0.3) is 0 Å². The molecule has 0 saturated heterocycles. The van der Waals surface area contributed by atoms with E-state index < -0.39 is 21.4 Å². The van der Waals surface area contributed by atoms with Crippen LogP contribution in [0.25, 0.3) is 22.0 Å². The molecule has 1 heterocycles. The number of aromatic nitrogens is 2. The summed E-state index contributed by atoms with van der Waals surface area (Å²) in [6.07, 6.45) is 1.46. The van der Waals surface area contributed by atoms with Gasteiger partial charge in [0.2, 0.25) is 5.95 Å². The number of nitrogens with one attached hydrogen (secondary N) is 1. The van der Waals surface area contributed by atoms with Gasteiger partial charge >= 0.3 is 15.6 Å². The second-order valence-electron chi connectivity index (χ2n) is 7.02. The number of hydrogen-bond donors (Lipinski definition) is 1. The van der Waals surface area contributed by atoms with Crippen molar-refractivity contribution in [3.8, 4) is 22.9 Å². The van der Waals surface area contributed by atoms with Gasteiger partial charge in [0.1, 0.15) is 0 Å². The van der Waals surface area contributed by atoms with Crippen LogP contribution in [0.15, 0.2) is 36.5 Å². The molecule has 0 saturated carbocycles. The second kappa shape index (κ2) is 8.03. The van der Waals surface area contributed by atoms with Gasteiger partial charge in [-0.15, -0.1) is 0 Å². The third-order valence-corrected chi connectivity index (χ3v) is 5.20. The average Bonchev–Trinajstić information content (AvgIpc) is 2.66. The zero-order chi connectivity index (χ0) is 23.0. The van der Waals surface area contributed by atoms with Crippen LogP contribution in [0.2, 0.25) is 0 Å². The van der Waals surface area contributed by atoms with Gasteiger partial charge in [-0.25, -0.2) is 9.97 Å². The topological polar surface area (TPSA) is 105 Å². The van der Waals surface area contributed by atoms with Crippen molar-refractivity contribution < 1.29 is 25.8 Å². The Morgan fingerprint density at radius 2 is 1.87 bits per heavy atom. The highest BCUT2D eigenvalue weighted by Crippen LogP contribution is 2.38. The third-order valence-electron chi connectivity index (χ3n) is 4.24. The molecule has 3 aromatic rings. The number of alkyl halides is 3. The maximum Gasteiger partial charge on any atom is 0.534 e. The third kappa shape index (κ3) is 4.69. The Hall–Kier alpha value is -3.39. The van der Waals surface area contributed by atoms with Gasteiger partial charge in [0.15, 0.2) is 5.75 Å². The molecule has 31 heavy (non-hydrogen) atoms. The van der Waals surface area contributed by atoms with Gasteiger partial charge in [0, 0.05) is 29.3 Å². The van der Waals surface area contributed by atoms with Crippen LogP contribution in [0.4, 0.5) is 19.1 Å². The Balaban J connectivity index is 2.28. The van der Waals surface area contributed by atoms with Crippen molar-refractivity contribution in [1.82, 2.24) is 9.97 Å². The van der Waals surface area contributed by atoms with Crippen LogP contribution in [0.5, 0.6) is 5.75 Å². The fraction of sp³-hybridized carbons (Fsp3) is 0.250. The SMILES string of the molecule is Cc1ccc(C#N)cc1-c1cc2cnc(NC(C)C)nc2cc1OS(=O)(=O)C(F)(F)F. The zero-order valence-corrected chi connectivity index (χ0v) is 17.5. The normalized spacial score (nSPS) is 12.1. The molecule has 7 nitrogen and oxygen atoms in total. The Labute approximate surface area is 176 Å². The van der Waals surface area contributed by atoms with E-state index in [0.717, 1.165) is 6.07 Å². The highest BCUT2D eigenvalue weighted by molar-refractivity contribution is 7.88. The molecule has 0 radical (unpaired) electrons. The minimum atomic E-state index is -5.93. The highest BCUT2D eigenvalue weighted by Gasteiger charge is 2.49. The predicted octanol–water partition coefficient (Wildman–Crippen LogP) is 4.53. The summed E-state index contributed by atoms with van der Waals surface area (Å²) in [5.41, 5.74) is -4.17. The van der Waals surface area contributed by atoms with Crippen molar-refractivity contribution in [3.05, 3.63) is 47.7 Å². The predicted molar refractivity (Wildman–Crippen MR) is 109 cm³/mol. The number of anilines is 1. The molecule has 3 rings (SSSR count). The lowest BCUT2D eigenvalue weighted by molar-refractivity contribution is -0.0499. The monoisotopic (exact) mass is 450 g/mol. The van der Waals surface area contributed by atoms with Crippen LogP contribution in [-0.4, -0.2) is 29.9 Å². The molecule has 1 aromatic heterocycles. The average molecular weight is 450 g/mol. The summed E-state index contributed by atoms with van der Waals surface area (Å²) in [6.45, 7) is 5.38. The Morgan fingerprint density at radius 1 is 1.16 bits per heavy atom. The molecule has 0 amide bonds. The second-order valence-corrected chi connectivity index (χ2v) is 8.56. The molecular weight excluding hydrogens is 433 g/mol. The van der Waals surface area contributed by atoms with Gasteiger partial charge in [-0.3, -0.25) is 0 Å². The van der Waals surface area contributed by atoms with Crippen LogP contribution in [-0.2, 0) is 10.1 Å². The molecule has 0 aliphatic rings. The Morgan fingerprint density at radius 3 is 2.48 bits per heavy atom. The maximum atomic E-state index is 13.0. The van der Waals surface area contributed by atoms with E-state index >= 15 is 0 Å². The van der Waals surface area contributed by atoms with Crippen molar-refractivity contribution in [1.29, 1.82) is 5.26 Å².